The summed E-state index contributed by atoms with van der Waals surface area (Å²) in [6.07, 6.45) is 21.6. The number of carboxylic acid groups (broad SMARTS) is 1. The summed E-state index contributed by atoms with van der Waals surface area (Å²) in [5, 5.41) is 18.8. The van der Waals surface area contributed by atoms with Gasteiger partial charge in [-0.05, 0) is 55.8 Å². The molecule has 2 rings (SSSR count). The summed E-state index contributed by atoms with van der Waals surface area (Å²) in [5.41, 5.74) is 0. The van der Waals surface area contributed by atoms with Gasteiger partial charge in [0.05, 0.1) is 6.10 Å². The SMILES string of the molecule is CCCCCC(O)C=CC1C(C/C=C\CCCC(=O)O)[C@H]2C=C[C@H]1C2. The van der Waals surface area contributed by atoms with Gasteiger partial charge in [-0.1, -0.05) is 62.6 Å². The van der Waals surface area contributed by atoms with Crippen LogP contribution < -0.4 is 0 Å². The molecule has 0 spiro atoms. The van der Waals surface area contributed by atoms with Crippen LogP contribution in [0.25, 0.3) is 0 Å². The van der Waals surface area contributed by atoms with Crippen molar-refractivity contribution in [3.05, 3.63) is 36.5 Å². The van der Waals surface area contributed by atoms with Gasteiger partial charge in [-0.3, -0.25) is 4.79 Å². The first-order chi connectivity index (χ1) is 12.1. The summed E-state index contributed by atoms with van der Waals surface area (Å²) < 4.78 is 0. The molecular weight excluding hydrogens is 312 g/mol. The van der Waals surface area contributed by atoms with Gasteiger partial charge in [-0.25, -0.2) is 0 Å². The Hall–Kier alpha value is -1.35. The third-order valence-corrected chi connectivity index (χ3v) is 5.68. The largest absolute Gasteiger partial charge is 0.481 e. The topological polar surface area (TPSA) is 57.5 Å². The number of allylic oxidation sites excluding steroid dienone is 5. The average molecular weight is 347 g/mol. The van der Waals surface area contributed by atoms with Crippen LogP contribution >= 0.6 is 0 Å². The number of aliphatic carboxylic acids is 1. The molecule has 0 aromatic rings. The van der Waals surface area contributed by atoms with Crippen LogP contribution in [0.1, 0.15) is 64.7 Å². The molecule has 0 radical (unpaired) electrons. The summed E-state index contributed by atoms with van der Waals surface area (Å²) in [7, 11) is 0. The van der Waals surface area contributed by atoms with Crippen molar-refractivity contribution < 1.29 is 15.0 Å². The Morgan fingerprint density at radius 1 is 1.20 bits per heavy atom. The van der Waals surface area contributed by atoms with Crippen LogP contribution in [0.3, 0.4) is 0 Å². The fraction of sp³-hybridized carbons (Fsp3) is 0.682. The third-order valence-electron chi connectivity index (χ3n) is 5.68. The first kappa shape index (κ1) is 20.0. The van der Waals surface area contributed by atoms with Crippen LogP contribution in [0.15, 0.2) is 36.5 Å². The standard InChI is InChI=1S/C22H34O3/c1-2-3-6-9-19(23)14-15-21-18-13-12-17(16-18)20(21)10-7-4-5-8-11-22(24)25/h4,7,12-15,17-21,23H,2-3,5-6,8-11,16H2,1H3,(H,24,25)/b7-4-,15-14?/t17-,18-,19?,20?,21?/m0/s1. The first-order valence-electron chi connectivity index (χ1n) is 10.0. The van der Waals surface area contributed by atoms with E-state index < -0.39 is 5.97 Å². The Bertz CT molecular complexity index is 492. The Kier molecular flexibility index (Phi) is 8.47. The Balaban J connectivity index is 1.79. The lowest BCUT2D eigenvalue weighted by atomic mass is 9.80. The van der Waals surface area contributed by atoms with Gasteiger partial charge in [-0.15, -0.1) is 0 Å². The van der Waals surface area contributed by atoms with E-state index in [0.717, 1.165) is 32.1 Å². The van der Waals surface area contributed by atoms with E-state index in [1.54, 1.807) is 0 Å². The van der Waals surface area contributed by atoms with E-state index in [2.05, 4.69) is 37.3 Å². The number of unbranched alkanes of at least 4 members (excludes halogenated alkanes) is 3. The van der Waals surface area contributed by atoms with E-state index in [1.165, 1.54) is 19.3 Å². The predicted molar refractivity (Wildman–Crippen MR) is 102 cm³/mol. The second-order valence-corrected chi connectivity index (χ2v) is 7.63. The molecule has 1 fully saturated rings. The van der Waals surface area contributed by atoms with E-state index >= 15 is 0 Å². The maximum atomic E-state index is 10.5. The minimum atomic E-state index is -0.714. The zero-order chi connectivity index (χ0) is 18.1. The normalized spacial score (nSPS) is 29.2. The smallest absolute Gasteiger partial charge is 0.303 e. The molecule has 0 aromatic carbocycles. The zero-order valence-corrected chi connectivity index (χ0v) is 15.5. The summed E-state index contributed by atoms with van der Waals surface area (Å²) in [5.74, 6) is 1.76. The van der Waals surface area contributed by atoms with Gasteiger partial charge in [0, 0.05) is 6.42 Å². The fourth-order valence-electron chi connectivity index (χ4n) is 4.28. The van der Waals surface area contributed by atoms with Crippen LogP contribution in [-0.4, -0.2) is 22.3 Å². The van der Waals surface area contributed by atoms with Crippen LogP contribution in [0.4, 0.5) is 0 Å². The summed E-state index contributed by atoms with van der Waals surface area (Å²) >= 11 is 0. The minimum absolute atomic E-state index is 0.252. The average Bonchev–Trinajstić information content (AvgIpc) is 3.17. The monoisotopic (exact) mass is 346 g/mol. The number of aliphatic hydroxyl groups excluding tert-OH is 1. The van der Waals surface area contributed by atoms with Crippen molar-refractivity contribution in [1.29, 1.82) is 0 Å². The van der Waals surface area contributed by atoms with Crippen molar-refractivity contribution in [1.82, 2.24) is 0 Å². The number of hydrogen-bond acceptors (Lipinski definition) is 2. The first-order valence-corrected chi connectivity index (χ1v) is 10.0. The predicted octanol–water partition coefficient (Wildman–Crippen LogP) is 5.12. The number of carboxylic acids is 1. The summed E-state index contributed by atoms with van der Waals surface area (Å²) in [6, 6.07) is 0. The molecule has 0 aromatic heterocycles. The van der Waals surface area contributed by atoms with Gasteiger partial charge in [-0.2, -0.15) is 0 Å². The van der Waals surface area contributed by atoms with Crippen molar-refractivity contribution in [3.8, 4) is 0 Å². The lowest BCUT2D eigenvalue weighted by molar-refractivity contribution is -0.137. The molecule has 2 aliphatic rings. The molecule has 25 heavy (non-hydrogen) atoms. The van der Waals surface area contributed by atoms with Gasteiger partial charge >= 0.3 is 5.97 Å². The van der Waals surface area contributed by atoms with E-state index in [-0.39, 0.29) is 12.5 Å². The molecular formula is C22H34O3. The number of carbonyl (C=O) groups is 1. The lowest BCUT2D eigenvalue weighted by Crippen LogP contribution is -2.17. The van der Waals surface area contributed by atoms with Gasteiger partial charge in [0.15, 0.2) is 0 Å². The lowest BCUT2D eigenvalue weighted by Gasteiger charge is -2.25. The molecule has 2 N–H and O–H groups in total. The Labute approximate surface area is 152 Å². The molecule has 0 aliphatic heterocycles. The molecule has 140 valence electrons. The van der Waals surface area contributed by atoms with E-state index in [9.17, 15) is 9.90 Å². The molecule has 2 aliphatic carbocycles. The van der Waals surface area contributed by atoms with Gasteiger partial charge < -0.3 is 10.2 Å². The second kappa shape index (κ2) is 10.6. The van der Waals surface area contributed by atoms with E-state index in [0.29, 0.717) is 23.7 Å². The Morgan fingerprint density at radius 2 is 2.00 bits per heavy atom. The Morgan fingerprint density at radius 3 is 2.76 bits per heavy atom. The van der Waals surface area contributed by atoms with Crippen LogP contribution in [0, 0.1) is 23.7 Å². The van der Waals surface area contributed by atoms with Crippen molar-refractivity contribution in [2.24, 2.45) is 23.7 Å². The van der Waals surface area contributed by atoms with Crippen molar-refractivity contribution >= 4 is 5.97 Å². The molecule has 3 unspecified atom stereocenters. The molecule has 2 bridgehead atoms. The fourth-order valence-corrected chi connectivity index (χ4v) is 4.28. The van der Waals surface area contributed by atoms with Crippen molar-refractivity contribution in [3.63, 3.8) is 0 Å². The van der Waals surface area contributed by atoms with Gasteiger partial charge in [0.2, 0.25) is 0 Å². The maximum absolute atomic E-state index is 10.5. The molecule has 5 atom stereocenters. The van der Waals surface area contributed by atoms with E-state index in [4.69, 9.17) is 5.11 Å². The molecule has 3 heteroatoms. The quantitative estimate of drug-likeness (QED) is 0.381. The zero-order valence-electron chi connectivity index (χ0n) is 15.5. The summed E-state index contributed by atoms with van der Waals surface area (Å²) in [6.45, 7) is 2.18. The van der Waals surface area contributed by atoms with Crippen LogP contribution in [-0.2, 0) is 4.79 Å². The third kappa shape index (κ3) is 6.47. The van der Waals surface area contributed by atoms with Crippen LogP contribution in [0.2, 0.25) is 0 Å². The minimum Gasteiger partial charge on any atom is -0.481 e. The molecule has 0 heterocycles. The number of rotatable bonds is 12. The van der Waals surface area contributed by atoms with Gasteiger partial charge in [0.1, 0.15) is 0 Å². The summed E-state index contributed by atoms with van der Waals surface area (Å²) in [4.78, 5) is 10.5. The molecule has 1 saturated carbocycles. The highest BCUT2D eigenvalue weighted by atomic mass is 16.4. The highest BCUT2D eigenvalue weighted by molar-refractivity contribution is 5.66. The maximum Gasteiger partial charge on any atom is 0.303 e. The second-order valence-electron chi connectivity index (χ2n) is 7.63. The number of hydrogen-bond donors (Lipinski definition) is 2. The van der Waals surface area contributed by atoms with Crippen LogP contribution in [0.5, 0.6) is 0 Å². The van der Waals surface area contributed by atoms with E-state index in [1.807, 2.05) is 6.08 Å². The van der Waals surface area contributed by atoms with Crippen molar-refractivity contribution in [2.45, 2.75) is 70.8 Å². The number of fused-ring (bicyclic) bond motifs is 2. The van der Waals surface area contributed by atoms with Gasteiger partial charge in [0.25, 0.3) is 0 Å². The number of aliphatic hydroxyl groups is 1. The molecule has 3 nitrogen and oxygen atoms in total. The molecule has 0 saturated heterocycles. The highest BCUT2D eigenvalue weighted by Crippen LogP contribution is 2.50. The molecule has 0 amide bonds. The highest BCUT2D eigenvalue weighted by Gasteiger charge is 2.42. The van der Waals surface area contributed by atoms with Crippen molar-refractivity contribution in [2.75, 3.05) is 0 Å².